The molecule has 22 nitrogen and oxygen atoms in total. The van der Waals surface area contributed by atoms with Gasteiger partial charge in [0, 0.05) is 48.5 Å². The first-order valence-electron chi connectivity index (χ1n) is 22.2. The third kappa shape index (κ3) is 15.5. The van der Waals surface area contributed by atoms with Gasteiger partial charge in [-0.3, -0.25) is 33.6 Å². The number of hydrogen-bond acceptors (Lipinski definition) is 15. The Labute approximate surface area is 397 Å². The van der Waals surface area contributed by atoms with Gasteiger partial charge in [0.25, 0.3) is 11.8 Å². The van der Waals surface area contributed by atoms with E-state index < -0.39 is 144 Å². The second-order valence-electron chi connectivity index (χ2n) is 17.6. The van der Waals surface area contributed by atoms with E-state index in [9.17, 15) is 53.4 Å². The van der Waals surface area contributed by atoms with E-state index in [0.717, 1.165) is 28.5 Å². The van der Waals surface area contributed by atoms with Crippen molar-refractivity contribution < 1.29 is 72.3 Å². The molecule has 1 aliphatic rings. The fourth-order valence-electron chi connectivity index (χ4n) is 7.19. The number of rotatable bonds is 12. The normalized spacial score (nSPS) is 26.4. The summed E-state index contributed by atoms with van der Waals surface area (Å²) in [7, 11) is 4.96. The molecule has 7 amide bonds. The first-order valence-corrected chi connectivity index (χ1v) is 22.2. The molecule has 1 aromatic carbocycles. The Morgan fingerprint density at radius 1 is 0.853 bits per heavy atom. The number of aliphatic hydroxyl groups excluding tert-OH is 2. The van der Waals surface area contributed by atoms with Crippen LogP contribution in [0.25, 0.3) is 0 Å². The zero-order valence-corrected chi connectivity index (χ0v) is 41.4. The molecule has 22 heteroatoms. The molecule has 1 aromatic rings. The number of likely N-dealkylation sites (N-methyl/N-ethyl adjacent to an activating group) is 3. The molecule has 0 bridgehead atoms. The third-order valence-electron chi connectivity index (χ3n) is 11.6. The van der Waals surface area contributed by atoms with Crippen LogP contribution in [0.1, 0.15) is 74.8 Å². The van der Waals surface area contributed by atoms with Crippen molar-refractivity contribution in [3.63, 3.8) is 0 Å². The molecule has 1 saturated heterocycles. The van der Waals surface area contributed by atoms with Crippen LogP contribution < -0.4 is 21.3 Å². The average molecular weight is 962 g/mol. The zero-order chi connectivity index (χ0) is 52.1. The van der Waals surface area contributed by atoms with E-state index in [-0.39, 0.29) is 6.42 Å². The molecule has 1 fully saturated rings. The summed E-state index contributed by atoms with van der Waals surface area (Å²) in [6, 6.07) is -0.926. The Balaban J connectivity index is 2.89. The highest BCUT2D eigenvalue weighted by molar-refractivity contribution is 6.01. The van der Waals surface area contributed by atoms with Crippen molar-refractivity contribution in [1.29, 1.82) is 0 Å². The lowest BCUT2D eigenvalue weighted by Gasteiger charge is -2.40. The Bertz CT molecular complexity index is 1980. The molecule has 12 atom stereocenters. The Morgan fingerprint density at radius 2 is 1.44 bits per heavy atom. The second-order valence-corrected chi connectivity index (χ2v) is 17.6. The lowest BCUT2D eigenvalue weighted by molar-refractivity contribution is -0.202. The highest BCUT2D eigenvalue weighted by Gasteiger charge is 2.45. The smallest absolute Gasteiger partial charge is 0.332 e. The summed E-state index contributed by atoms with van der Waals surface area (Å²) in [5, 5.41) is 32.6. The maximum Gasteiger partial charge on any atom is 0.332 e. The van der Waals surface area contributed by atoms with Gasteiger partial charge < -0.3 is 65.1 Å². The van der Waals surface area contributed by atoms with Gasteiger partial charge >= 0.3 is 11.9 Å². The summed E-state index contributed by atoms with van der Waals surface area (Å²) in [6.07, 6.45) is -9.45. The Hall–Kier alpha value is -5.97. The molecule has 6 N–H and O–H groups in total. The standard InChI is InChI=1S/C46H71N7O15/c1-22(2)37(56)34(49-30(11)55)45(63)68-38(23(3)4)35-43(61)53(14)36(28(9)65-15)46(64)66-27(8)33(48-29(10)54)44(62)67-32(21-31-19-17-16-18-20-31)42(60)52(13)25(6)39(57)47-24(5)41(59)51(12)26(7)40(58)50-35/h16-20,22-24,26-28,32-38,46,56,64H,6,21H2,1-5,7-15H3,(H,47,57)(H,48,54)(H,49,55)(H,50,58)/t24-,26-,27+,28+,32+,33-,34-,35-,36-,37+,38+,46?/m0/s1. The molecule has 1 aliphatic heterocycles. The SMILES string of the molecule is C=C1C(=O)N[C@@H](C)C(=O)N(C)[C@@H](C)C(=O)N[C@@H]([C@H](OC(=O)[C@@H](NC(C)=O)[C@H](O)C(C)C)C(C)C)C(=O)N(C)[C@@H]([C@@H](C)OC)C(O)O[C@H](C)[C@H](NC(C)=O)C(=O)O[C@H](Cc2ccccc2)C(=O)N1C. The summed E-state index contributed by atoms with van der Waals surface area (Å²) < 4.78 is 23.2. The van der Waals surface area contributed by atoms with Crippen molar-refractivity contribution in [2.24, 2.45) is 11.8 Å². The van der Waals surface area contributed by atoms with Gasteiger partial charge in [-0.05, 0) is 45.1 Å². The Kier molecular flexibility index (Phi) is 22.2. The van der Waals surface area contributed by atoms with Gasteiger partial charge in [-0.1, -0.05) is 64.6 Å². The molecule has 1 heterocycles. The molecule has 0 aliphatic carbocycles. The number of methoxy groups -OCH3 is 1. The first-order chi connectivity index (χ1) is 31.6. The van der Waals surface area contributed by atoms with Gasteiger partial charge in [-0.25, -0.2) is 9.59 Å². The number of amides is 7. The fourth-order valence-corrected chi connectivity index (χ4v) is 7.19. The van der Waals surface area contributed by atoms with Gasteiger partial charge in [0.05, 0.1) is 18.3 Å². The number of ether oxygens (including phenoxy) is 4. The van der Waals surface area contributed by atoms with Crippen molar-refractivity contribution >= 4 is 53.3 Å². The van der Waals surface area contributed by atoms with Crippen LogP contribution in [0.5, 0.6) is 0 Å². The lowest BCUT2D eigenvalue weighted by atomic mass is 9.95. The van der Waals surface area contributed by atoms with E-state index in [1.165, 1.54) is 55.9 Å². The van der Waals surface area contributed by atoms with E-state index in [2.05, 4.69) is 27.8 Å². The van der Waals surface area contributed by atoms with Crippen LogP contribution in [0.2, 0.25) is 0 Å². The predicted octanol–water partition coefficient (Wildman–Crippen LogP) is -0.857. The van der Waals surface area contributed by atoms with Crippen molar-refractivity contribution in [2.75, 3.05) is 28.3 Å². The van der Waals surface area contributed by atoms with Gasteiger partial charge in [0.15, 0.2) is 24.5 Å². The number of nitrogens with zero attached hydrogens (tertiary/aromatic N) is 3. The molecule has 1 unspecified atom stereocenters. The quantitative estimate of drug-likeness (QED) is 0.110. The number of cyclic esters (lactones) is 1. The maximum atomic E-state index is 15.0. The van der Waals surface area contributed by atoms with Crippen LogP contribution in [0.3, 0.4) is 0 Å². The van der Waals surface area contributed by atoms with Crippen LogP contribution in [0, 0.1) is 11.8 Å². The van der Waals surface area contributed by atoms with Crippen LogP contribution in [-0.2, 0) is 68.5 Å². The molecule has 68 heavy (non-hydrogen) atoms. The van der Waals surface area contributed by atoms with Crippen LogP contribution >= 0.6 is 0 Å². The van der Waals surface area contributed by atoms with E-state index in [0.29, 0.717) is 5.56 Å². The number of carbonyl (C=O) groups excluding carboxylic acids is 9. The molecular weight excluding hydrogens is 891 g/mol. The van der Waals surface area contributed by atoms with Gasteiger partial charge in [-0.2, -0.15) is 0 Å². The minimum atomic E-state index is -2.04. The summed E-state index contributed by atoms with van der Waals surface area (Å²) in [5.41, 5.74) is 0.0784. The molecule has 2 rings (SSSR count). The highest BCUT2D eigenvalue weighted by Crippen LogP contribution is 2.23. The van der Waals surface area contributed by atoms with Crippen molar-refractivity contribution in [3.8, 4) is 0 Å². The molecule has 380 valence electrons. The van der Waals surface area contributed by atoms with Crippen molar-refractivity contribution in [3.05, 3.63) is 48.2 Å². The van der Waals surface area contributed by atoms with E-state index in [1.807, 2.05) is 0 Å². The maximum absolute atomic E-state index is 15.0. The summed E-state index contributed by atoms with van der Waals surface area (Å²) in [5.74, 6) is -9.76. The summed E-state index contributed by atoms with van der Waals surface area (Å²) >= 11 is 0. The fraction of sp³-hybridized carbons (Fsp3) is 0.630. The number of aliphatic hydroxyl groups is 2. The van der Waals surface area contributed by atoms with E-state index >= 15 is 0 Å². The minimum absolute atomic E-state index is 0.213. The molecule has 0 aromatic heterocycles. The second kappa shape index (κ2) is 26.0. The van der Waals surface area contributed by atoms with Crippen LogP contribution in [0.15, 0.2) is 42.6 Å². The number of carbonyl (C=O) groups is 9. The van der Waals surface area contributed by atoms with Gasteiger partial charge in [0.2, 0.25) is 29.5 Å². The molecule has 0 spiro atoms. The monoisotopic (exact) mass is 962 g/mol. The average Bonchev–Trinajstić information content (AvgIpc) is 3.27. The highest BCUT2D eigenvalue weighted by atomic mass is 16.6. The first kappa shape index (κ1) is 58.2. The zero-order valence-electron chi connectivity index (χ0n) is 41.4. The lowest BCUT2D eigenvalue weighted by Crippen LogP contribution is -2.64. The van der Waals surface area contributed by atoms with Crippen molar-refractivity contribution in [2.45, 2.75) is 149 Å². The molecule has 0 radical (unpaired) electrons. The number of nitrogens with one attached hydrogen (secondary N) is 4. The van der Waals surface area contributed by atoms with Crippen LogP contribution in [0.4, 0.5) is 0 Å². The van der Waals surface area contributed by atoms with E-state index in [4.69, 9.17) is 18.9 Å². The topological polar surface area (TPSA) is 289 Å². The van der Waals surface area contributed by atoms with Gasteiger partial charge in [-0.15, -0.1) is 0 Å². The summed E-state index contributed by atoms with van der Waals surface area (Å²) in [4.78, 5) is 126. The third-order valence-corrected chi connectivity index (χ3v) is 11.6. The number of benzene rings is 1. The number of hydrogen-bond donors (Lipinski definition) is 6. The molecular formula is C46H71N7O15. The Morgan fingerprint density at radius 3 is 1.96 bits per heavy atom. The summed E-state index contributed by atoms with van der Waals surface area (Å²) in [6.45, 7) is 17.7. The van der Waals surface area contributed by atoms with Gasteiger partial charge in [0.1, 0.15) is 36.0 Å². The van der Waals surface area contributed by atoms with Crippen LogP contribution in [-0.4, -0.2) is 180 Å². The number of esters is 2. The minimum Gasteiger partial charge on any atom is -0.458 e. The van der Waals surface area contributed by atoms with E-state index in [1.54, 1.807) is 58.0 Å². The largest absolute Gasteiger partial charge is 0.458 e. The van der Waals surface area contributed by atoms with Crippen molar-refractivity contribution in [1.82, 2.24) is 36.0 Å². The predicted molar refractivity (Wildman–Crippen MR) is 244 cm³/mol. The molecule has 0 saturated carbocycles.